The number of likely N-dealkylation sites (tertiary alicyclic amines) is 1. The molecule has 1 heterocycles. The third-order valence-electron chi connectivity index (χ3n) is 7.48. The molecule has 0 amide bonds. The van der Waals surface area contributed by atoms with Gasteiger partial charge in [-0.15, -0.1) is 0 Å². The molecule has 0 unspecified atom stereocenters. The molecular weight excluding hydrogens is 526 g/mol. The van der Waals surface area contributed by atoms with Crippen LogP contribution in [0.25, 0.3) is 0 Å². The van der Waals surface area contributed by atoms with Crippen LogP contribution in [0.5, 0.6) is 0 Å². The van der Waals surface area contributed by atoms with Crippen molar-refractivity contribution in [2.24, 2.45) is 0 Å². The van der Waals surface area contributed by atoms with Gasteiger partial charge in [0.2, 0.25) is 0 Å². The summed E-state index contributed by atoms with van der Waals surface area (Å²) >= 11 is 0. The second kappa shape index (κ2) is 14.9. The molecule has 0 aromatic heterocycles. The van der Waals surface area contributed by atoms with Crippen molar-refractivity contribution in [2.45, 2.75) is 90.1 Å². The minimum absolute atomic E-state index is 0.0257. The van der Waals surface area contributed by atoms with Crippen molar-refractivity contribution in [3.63, 3.8) is 0 Å². The zero-order valence-electron chi connectivity index (χ0n) is 23.6. The molecule has 1 saturated heterocycles. The zero-order chi connectivity index (χ0) is 29.3. The van der Waals surface area contributed by atoms with Crippen LogP contribution in [0.1, 0.15) is 79.9 Å². The third-order valence-corrected chi connectivity index (χ3v) is 7.48. The lowest BCUT2D eigenvalue weighted by Crippen LogP contribution is -2.39. The van der Waals surface area contributed by atoms with Gasteiger partial charge in [-0.3, -0.25) is 9.69 Å². The fraction of sp³-hybridized carbons (Fsp3) is 0.581. The first-order valence-electron chi connectivity index (χ1n) is 14.1. The van der Waals surface area contributed by atoms with Gasteiger partial charge in [-0.2, -0.15) is 13.2 Å². The number of hydrogen-bond donors (Lipinski definition) is 1. The van der Waals surface area contributed by atoms with Crippen LogP contribution >= 0.6 is 0 Å². The predicted molar refractivity (Wildman–Crippen MR) is 145 cm³/mol. The Balaban J connectivity index is 1.58. The molecule has 3 rings (SSSR count). The van der Waals surface area contributed by atoms with Gasteiger partial charge in [-0.05, 0) is 106 Å². The first kappa shape index (κ1) is 32.0. The molecule has 0 spiro atoms. The number of nitrogens with zero attached hydrogens (tertiary/aromatic N) is 1. The number of rotatable bonds is 14. The summed E-state index contributed by atoms with van der Waals surface area (Å²) in [6, 6.07) is 9.11. The maximum atomic E-state index is 14.0. The Morgan fingerprint density at radius 1 is 1.18 bits per heavy atom. The number of carbonyl (C=O) groups excluding carboxylic acids is 1. The Hall–Kier alpha value is -2.49. The molecule has 2 aromatic rings. The maximum absolute atomic E-state index is 14.0. The van der Waals surface area contributed by atoms with E-state index in [4.69, 9.17) is 9.47 Å². The number of ether oxygens (including phenoxy) is 2. The van der Waals surface area contributed by atoms with Crippen LogP contribution in [0, 0.1) is 12.7 Å². The van der Waals surface area contributed by atoms with Crippen molar-refractivity contribution >= 4 is 5.97 Å². The SMILES string of the molecule is CCOC(=O)CCCCc1ccc(C(F)(F)F)cc1[C@@H](C)OC[C@H](O)CN1CCC[C@H]1Cc1ccc(C)c(F)c1. The van der Waals surface area contributed by atoms with Crippen molar-refractivity contribution in [3.8, 4) is 0 Å². The lowest BCUT2D eigenvalue weighted by Gasteiger charge is -2.28. The number of carbonyl (C=O) groups is 1. The smallest absolute Gasteiger partial charge is 0.416 e. The summed E-state index contributed by atoms with van der Waals surface area (Å²) < 4.78 is 65.2. The Morgan fingerprint density at radius 3 is 2.65 bits per heavy atom. The van der Waals surface area contributed by atoms with E-state index in [0.717, 1.165) is 42.6 Å². The molecule has 222 valence electrons. The van der Waals surface area contributed by atoms with Crippen LogP contribution in [0.3, 0.4) is 0 Å². The summed E-state index contributed by atoms with van der Waals surface area (Å²) in [5.41, 5.74) is 1.93. The highest BCUT2D eigenvalue weighted by atomic mass is 19.4. The number of aliphatic hydroxyl groups excluding tert-OH is 1. The summed E-state index contributed by atoms with van der Waals surface area (Å²) in [6.45, 7) is 6.63. The minimum atomic E-state index is -4.48. The molecule has 0 radical (unpaired) electrons. The number of halogens is 4. The van der Waals surface area contributed by atoms with Crippen molar-refractivity contribution in [1.29, 1.82) is 0 Å². The average molecular weight is 568 g/mol. The number of hydrogen-bond acceptors (Lipinski definition) is 5. The molecule has 0 aliphatic carbocycles. The molecule has 3 atom stereocenters. The van der Waals surface area contributed by atoms with Crippen LogP contribution in [0.15, 0.2) is 36.4 Å². The summed E-state index contributed by atoms with van der Waals surface area (Å²) in [5.74, 6) is -0.510. The number of β-amino-alcohol motifs (C(OH)–C–C–N with tert-alkyl or cyclic N) is 1. The fourth-order valence-electron chi connectivity index (χ4n) is 5.27. The Bertz CT molecular complexity index is 1110. The maximum Gasteiger partial charge on any atom is 0.416 e. The standard InChI is InChI=1S/C31H41F4NO4/c1-4-39-30(38)10-6-5-8-24-13-14-25(31(33,34)35)18-28(24)22(3)40-20-27(37)19-36-15-7-9-26(36)16-23-12-11-21(2)29(32)17-23/h11-14,17-18,22,26-27,37H,4-10,15-16,19-20H2,1-3H3/t22-,26+,27-/m1/s1. The molecule has 1 aliphatic rings. The van der Waals surface area contributed by atoms with Gasteiger partial charge in [0.15, 0.2) is 0 Å². The molecule has 40 heavy (non-hydrogen) atoms. The van der Waals surface area contributed by atoms with E-state index >= 15 is 0 Å². The van der Waals surface area contributed by atoms with Crippen molar-refractivity contribution in [2.75, 3.05) is 26.3 Å². The minimum Gasteiger partial charge on any atom is -0.466 e. The van der Waals surface area contributed by atoms with Gasteiger partial charge in [0, 0.05) is 19.0 Å². The molecule has 1 aliphatic heterocycles. The topological polar surface area (TPSA) is 59.0 Å². The number of aryl methyl sites for hydroxylation is 2. The summed E-state index contributed by atoms with van der Waals surface area (Å²) in [6.07, 6.45) is -1.41. The number of benzene rings is 2. The van der Waals surface area contributed by atoms with Gasteiger partial charge in [0.1, 0.15) is 5.82 Å². The van der Waals surface area contributed by atoms with Gasteiger partial charge in [-0.25, -0.2) is 4.39 Å². The quantitative estimate of drug-likeness (QED) is 0.159. The normalized spacial score (nSPS) is 17.6. The highest BCUT2D eigenvalue weighted by Gasteiger charge is 2.32. The molecule has 2 aromatic carbocycles. The van der Waals surface area contributed by atoms with E-state index in [0.29, 0.717) is 50.0 Å². The molecule has 5 nitrogen and oxygen atoms in total. The molecule has 0 bridgehead atoms. The summed E-state index contributed by atoms with van der Waals surface area (Å²) in [5, 5.41) is 10.7. The van der Waals surface area contributed by atoms with Crippen LogP contribution in [-0.4, -0.2) is 54.4 Å². The summed E-state index contributed by atoms with van der Waals surface area (Å²) in [4.78, 5) is 13.8. The predicted octanol–water partition coefficient (Wildman–Crippen LogP) is 6.57. The largest absolute Gasteiger partial charge is 0.466 e. The van der Waals surface area contributed by atoms with Crippen LogP contribution in [-0.2, 0) is 33.3 Å². The van der Waals surface area contributed by atoms with Crippen molar-refractivity contribution in [1.82, 2.24) is 4.90 Å². The van der Waals surface area contributed by atoms with Gasteiger partial charge in [0.25, 0.3) is 0 Å². The highest BCUT2D eigenvalue weighted by Crippen LogP contribution is 2.34. The van der Waals surface area contributed by atoms with Crippen LogP contribution < -0.4 is 0 Å². The third kappa shape index (κ3) is 9.56. The van der Waals surface area contributed by atoms with E-state index in [9.17, 15) is 27.5 Å². The lowest BCUT2D eigenvalue weighted by atomic mass is 9.95. The Labute approximate surface area is 234 Å². The second-order valence-electron chi connectivity index (χ2n) is 10.6. The first-order chi connectivity index (χ1) is 19.0. The highest BCUT2D eigenvalue weighted by molar-refractivity contribution is 5.69. The molecule has 9 heteroatoms. The Morgan fingerprint density at radius 2 is 1.95 bits per heavy atom. The number of unbranched alkanes of at least 4 members (excludes halogenated alkanes) is 1. The van der Waals surface area contributed by atoms with E-state index < -0.39 is 23.9 Å². The van der Waals surface area contributed by atoms with E-state index in [1.165, 1.54) is 6.07 Å². The van der Waals surface area contributed by atoms with Crippen molar-refractivity contribution < 1.29 is 36.9 Å². The number of esters is 1. The fourth-order valence-corrected chi connectivity index (χ4v) is 5.27. The van der Waals surface area contributed by atoms with Gasteiger partial charge < -0.3 is 14.6 Å². The van der Waals surface area contributed by atoms with Crippen LogP contribution in [0.4, 0.5) is 17.6 Å². The molecule has 1 N–H and O–H groups in total. The van der Waals surface area contributed by atoms with E-state index in [2.05, 4.69) is 4.90 Å². The molecular formula is C31H41F4NO4. The van der Waals surface area contributed by atoms with Crippen LogP contribution in [0.2, 0.25) is 0 Å². The number of alkyl halides is 3. The van der Waals surface area contributed by atoms with E-state index in [-0.39, 0.29) is 30.9 Å². The number of aliphatic hydroxyl groups is 1. The van der Waals surface area contributed by atoms with E-state index in [1.54, 1.807) is 32.9 Å². The first-order valence-corrected chi connectivity index (χ1v) is 14.1. The average Bonchev–Trinajstić information content (AvgIpc) is 3.33. The summed E-state index contributed by atoms with van der Waals surface area (Å²) in [7, 11) is 0. The Kier molecular flexibility index (Phi) is 12.0. The second-order valence-corrected chi connectivity index (χ2v) is 10.6. The van der Waals surface area contributed by atoms with Gasteiger partial charge >= 0.3 is 12.1 Å². The van der Waals surface area contributed by atoms with E-state index in [1.807, 2.05) is 6.07 Å². The van der Waals surface area contributed by atoms with Gasteiger partial charge in [-0.1, -0.05) is 18.2 Å². The lowest BCUT2D eigenvalue weighted by molar-refractivity contribution is -0.143. The van der Waals surface area contributed by atoms with Gasteiger partial charge in [0.05, 0.1) is 31.0 Å². The van der Waals surface area contributed by atoms with Crippen molar-refractivity contribution in [3.05, 3.63) is 70.0 Å². The monoisotopic (exact) mass is 567 g/mol. The molecule has 0 saturated carbocycles. The zero-order valence-corrected chi connectivity index (χ0v) is 23.6. The molecule has 1 fully saturated rings.